The van der Waals surface area contributed by atoms with Gasteiger partial charge in [0.1, 0.15) is 6.10 Å². The Bertz CT molecular complexity index is 340. The first-order valence-electron chi connectivity index (χ1n) is 6.85. The molecule has 2 aliphatic heterocycles. The van der Waals surface area contributed by atoms with E-state index in [1.54, 1.807) is 4.90 Å². The van der Waals surface area contributed by atoms with Crippen LogP contribution < -0.4 is 5.73 Å². The third kappa shape index (κ3) is 3.50. The fourth-order valence-corrected chi connectivity index (χ4v) is 2.53. The fraction of sp³-hybridized carbons (Fsp3) is 0.833. The SMILES string of the molecule is NC(=NO)C1CN(C(=O)N2CCCCCC2)CCO1. The first-order valence-corrected chi connectivity index (χ1v) is 6.85. The number of amidine groups is 1. The minimum atomic E-state index is -0.505. The first kappa shape index (κ1) is 13.9. The molecule has 2 fully saturated rings. The highest BCUT2D eigenvalue weighted by atomic mass is 16.5. The number of amides is 2. The van der Waals surface area contributed by atoms with Crippen LogP contribution in [0.3, 0.4) is 0 Å². The van der Waals surface area contributed by atoms with E-state index in [4.69, 9.17) is 15.7 Å². The number of urea groups is 1. The third-order valence-corrected chi connectivity index (χ3v) is 3.66. The van der Waals surface area contributed by atoms with Crippen molar-refractivity contribution in [3.05, 3.63) is 0 Å². The molecule has 3 N–H and O–H groups in total. The highest BCUT2D eigenvalue weighted by molar-refractivity contribution is 5.85. The molecule has 2 saturated heterocycles. The molecule has 2 heterocycles. The van der Waals surface area contributed by atoms with E-state index in [-0.39, 0.29) is 11.9 Å². The molecule has 0 aromatic rings. The number of morpholine rings is 1. The minimum Gasteiger partial charge on any atom is -0.409 e. The molecular weight excluding hydrogens is 248 g/mol. The van der Waals surface area contributed by atoms with Crippen molar-refractivity contribution in [2.45, 2.75) is 31.8 Å². The lowest BCUT2D eigenvalue weighted by molar-refractivity contribution is 0.0129. The number of nitrogens with two attached hydrogens (primary N) is 1. The summed E-state index contributed by atoms with van der Waals surface area (Å²) in [4.78, 5) is 16.1. The summed E-state index contributed by atoms with van der Waals surface area (Å²) in [5.74, 6) is 0.0216. The lowest BCUT2D eigenvalue weighted by Crippen LogP contribution is -2.54. The summed E-state index contributed by atoms with van der Waals surface area (Å²) in [6.07, 6.45) is 4.02. The zero-order chi connectivity index (χ0) is 13.7. The molecule has 2 amide bonds. The molecule has 1 atom stereocenters. The Morgan fingerprint density at radius 1 is 1.16 bits per heavy atom. The summed E-state index contributed by atoms with van der Waals surface area (Å²) in [5.41, 5.74) is 5.54. The number of nitrogens with zero attached hydrogens (tertiary/aromatic N) is 3. The monoisotopic (exact) mass is 270 g/mol. The van der Waals surface area contributed by atoms with Crippen molar-refractivity contribution in [2.24, 2.45) is 10.9 Å². The summed E-state index contributed by atoms with van der Waals surface area (Å²) in [5, 5.41) is 11.6. The van der Waals surface area contributed by atoms with E-state index in [2.05, 4.69) is 5.16 Å². The molecule has 1 unspecified atom stereocenters. The topological polar surface area (TPSA) is 91.4 Å². The van der Waals surface area contributed by atoms with Crippen LogP contribution in [0.5, 0.6) is 0 Å². The average molecular weight is 270 g/mol. The number of carbonyl (C=O) groups is 1. The third-order valence-electron chi connectivity index (χ3n) is 3.66. The molecule has 0 radical (unpaired) electrons. The number of hydrogen-bond acceptors (Lipinski definition) is 4. The van der Waals surface area contributed by atoms with E-state index >= 15 is 0 Å². The molecule has 0 aromatic heterocycles. The quantitative estimate of drug-likeness (QED) is 0.313. The predicted molar refractivity (Wildman–Crippen MR) is 70.2 cm³/mol. The predicted octanol–water partition coefficient (Wildman–Crippen LogP) is 0.430. The Labute approximate surface area is 113 Å². The van der Waals surface area contributed by atoms with Crippen molar-refractivity contribution >= 4 is 11.9 Å². The van der Waals surface area contributed by atoms with E-state index in [1.165, 1.54) is 12.8 Å². The van der Waals surface area contributed by atoms with Crippen LogP contribution in [0.2, 0.25) is 0 Å². The van der Waals surface area contributed by atoms with Gasteiger partial charge >= 0.3 is 6.03 Å². The first-order chi connectivity index (χ1) is 9.22. The molecule has 0 saturated carbocycles. The van der Waals surface area contributed by atoms with Crippen LogP contribution in [0.4, 0.5) is 4.79 Å². The van der Waals surface area contributed by atoms with Gasteiger partial charge in [-0.3, -0.25) is 0 Å². The van der Waals surface area contributed by atoms with E-state index in [0.717, 1.165) is 25.9 Å². The lowest BCUT2D eigenvalue weighted by atomic mass is 10.2. The van der Waals surface area contributed by atoms with Crippen LogP contribution in [0.25, 0.3) is 0 Å². The van der Waals surface area contributed by atoms with Crippen LogP contribution in [0.15, 0.2) is 5.16 Å². The van der Waals surface area contributed by atoms with Crippen LogP contribution in [0.1, 0.15) is 25.7 Å². The molecule has 0 aromatic carbocycles. The Morgan fingerprint density at radius 2 is 1.84 bits per heavy atom. The van der Waals surface area contributed by atoms with Crippen molar-refractivity contribution in [3.63, 3.8) is 0 Å². The molecular formula is C12H22N4O3. The normalized spacial score (nSPS) is 26.1. The van der Waals surface area contributed by atoms with Crippen LogP contribution in [-0.4, -0.2) is 65.8 Å². The maximum absolute atomic E-state index is 12.4. The van der Waals surface area contributed by atoms with E-state index in [9.17, 15) is 4.79 Å². The molecule has 2 rings (SSSR count). The number of hydrogen-bond donors (Lipinski definition) is 2. The second-order valence-corrected chi connectivity index (χ2v) is 5.01. The maximum atomic E-state index is 12.4. The van der Waals surface area contributed by atoms with Gasteiger partial charge in [-0.2, -0.15) is 0 Å². The summed E-state index contributed by atoms with van der Waals surface area (Å²) in [6.45, 7) is 2.98. The van der Waals surface area contributed by atoms with E-state index in [0.29, 0.717) is 19.7 Å². The van der Waals surface area contributed by atoms with Gasteiger partial charge in [0.2, 0.25) is 0 Å². The van der Waals surface area contributed by atoms with Gasteiger partial charge in [-0.15, -0.1) is 0 Å². The molecule has 0 aliphatic carbocycles. The van der Waals surface area contributed by atoms with E-state index < -0.39 is 6.10 Å². The van der Waals surface area contributed by atoms with Crippen molar-refractivity contribution in [1.29, 1.82) is 0 Å². The highest BCUT2D eigenvalue weighted by Crippen LogP contribution is 2.14. The second kappa shape index (κ2) is 6.60. The Kier molecular flexibility index (Phi) is 4.84. The van der Waals surface area contributed by atoms with Crippen LogP contribution >= 0.6 is 0 Å². The van der Waals surface area contributed by atoms with E-state index in [1.807, 2.05) is 4.90 Å². The maximum Gasteiger partial charge on any atom is 0.320 e. The van der Waals surface area contributed by atoms with Gasteiger partial charge < -0.3 is 25.5 Å². The largest absolute Gasteiger partial charge is 0.409 e. The zero-order valence-corrected chi connectivity index (χ0v) is 11.1. The van der Waals surface area contributed by atoms with Crippen molar-refractivity contribution < 1.29 is 14.7 Å². The summed E-state index contributed by atoms with van der Waals surface area (Å²) in [6, 6.07) is 0.0425. The number of ether oxygens (including phenoxy) is 1. The lowest BCUT2D eigenvalue weighted by Gasteiger charge is -2.35. The van der Waals surface area contributed by atoms with Crippen LogP contribution in [0, 0.1) is 0 Å². The summed E-state index contributed by atoms with van der Waals surface area (Å²) >= 11 is 0. The average Bonchev–Trinajstić information content (AvgIpc) is 2.75. The molecule has 0 spiro atoms. The van der Waals surface area contributed by atoms with Gasteiger partial charge in [-0.25, -0.2) is 4.79 Å². The molecule has 19 heavy (non-hydrogen) atoms. The van der Waals surface area contributed by atoms with Crippen molar-refractivity contribution in [1.82, 2.24) is 9.80 Å². The molecule has 2 aliphatic rings. The Hall–Kier alpha value is -1.50. The Morgan fingerprint density at radius 3 is 2.47 bits per heavy atom. The second-order valence-electron chi connectivity index (χ2n) is 5.01. The van der Waals surface area contributed by atoms with Gasteiger partial charge in [0.15, 0.2) is 5.84 Å². The van der Waals surface area contributed by atoms with Gasteiger partial charge in [-0.1, -0.05) is 18.0 Å². The molecule has 108 valence electrons. The molecule has 7 nitrogen and oxygen atoms in total. The minimum absolute atomic E-state index is 0.0216. The smallest absolute Gasteiger partial charge is 0.320 e. The van der Waals surface area contributed by atoms with Crippen molar-refractivity contribution in [2.75, 3.05) is 32.8 Å². The Balaban J connectivity index is 1.94. The van der Waals surface area contributed by atoms with Crippen LogP contribution in [-0.2, 0) is 4.74 Å². The molecule has 7 heteroatoms. The van der Waals surface area contributed by atoms with Gasteiger partial charge in [0.05, 0.1) is 13.2 Å². The van der Waals surface area contributed by atoms with Gasteiger partial charge in [-0.05, 0) is 12.8 Å². The van der Waals surface area contributed by atoms with Crippen molar-refractivity contribution in [3.8, 4) is 0 Å². The zero-order valence-electron chi connectivity index (χ0n) is 11.1. The number of rotatable bonds is 1. The summed E-state index contributed by atoms with van der Waals surface area (Å²) in [7, 11) is 0. The standard InChI is InChI=1S/C12H22N4O3/c13-11(14-18)10-9-16(7-8-19-10)12(17)15-5-3-1-2-4-6-15/h10,18H,1-9H2,(H2,13,14). The summed E-state index contributed by atoms with van der Waals surface area (Å²) < 4.78 is 5.39. The highest BCUT2D eigenvalue weighted by Gasteiger charge is 2.29. The number of likely N-dealkylation sites (tertiary alicyclic amines) is 1. The van der Waals surface area contributed by atoms with Gasteiger partial charge in [0, 0.05) is 19.6 Å². The van der Waals surface area contributed by atoms with Gasteiger partial charge in [0.25, 0.3) is 0 Å². The number of oxime groups is 1. The number of carbonyl (C=O) groups excluding carboxylic acids is 1. The fourth-order valence-electron chi connectivity index (χ4n) is 2.53. The molecule has 0 bridgehead atoms.